The largest absolute Gasteiger partial charge is 0.334 e. The van der Waals surface area contributed by atoms with E-state index in [4.69, 9.17) is 0 Å². The van der Waals surface area contributed by atoms with Gasteiger partial charge in [0.25, 0.3) is 0 Å². The Balaban J connectivity index is 1.92. The van der Waals surface area contributed by atoms with Gasteiger partial charge < -0.3 is 10.6 Å². The molecule has 0 aliphatic heterocycles. The standard InChI is InChI=1S/C15H14FIN2O/c1-10-7-13(17)5-6-14(10)19-15(20)18-9-11-3-2-4-12(16)8-11/h2-8H,9H2,1H3,(H2,18,19,20). The average Bonchev–Trinajstić information content (AvgIpc) is 2.40. The first kappa shape index (κ1) is 14.8. The second-order valence-corrected chi connectivity index (χ2v) is 5.64. The first-order valence-electron chi connectivity index (χ1n) is 6.10. The van der Waals surface area contributed by atoms with Crippen molar-refractivity contribution in [2.45, 2.75) is 13.5 Å². The van der Waals surface area contributed by atoms with E-state index in [1.807, 2.05) is 25.1 Å². The van der Waals surface area contributed by atoms with Crippen molar-refractivity contribution < 1.29 is 9.18 Å². The topological polar surface area (TPSA) is 41.1 Å². The number of amides is 2. The van der Waals surface area contributed by atoms with Crippen LogP contribution in [0.3, 0.4) is 0 Å². The van der Waals surface area contributed by atoms with Crippen molar-refractivity contribution in [2.24, 2.45) is 0 Å². The van der Waals surface area contributed by atoms with Crippen LogP contribution >= 0.6 is 22.6 Å². The monoisotopic (exact) mass is 384 g/mol. The number of halogens is 2. The highest BCUT2D eigenvalue weighted by Crippen LogP contribution is 2.17. The van der Waals surface area contributed by atoms with E-state index in [9.17, 15) is 9.18 Å². The fourth-order valence-corrected chi connectivity index (χ4v) is 2.41. The number of nitrogens with one attached hydrogen (secondary N) is 2. The van der Waals surface area contributed by atoms with E-state index in [0.717, 1.165) is 20.4 Å². The van der Waals surface area contributed by atoms with Crippen LogP contribution in [0.2, 0.25) is 0 Å². The van der Waals surface area contributed by atoms with E-state index in [1.54, 1.807) is 12.1 Å². The lowest BCUT2D eigenvalue weighted by molar-refractivity contribution is 0.251. The zero-order valence-electron chi connectivity index (χ0n) is 10.9. The molecule has 0 aliphatic rings. The van der Waals surface area contributed by atoms with Gasteiger partial charge in [-0.3, -0.25) is 0 Å². The van der Waals surface area contributed by atoms with Gasteiger partial charge in [0.05, 0.1) is 0 Å². The van der Waals surface area contributed by atoms with Gasteiger partial charge in [-0.1, -0.05) is 12.1 Å². The van der Waals surface area contributed by atoms with Gasteiger partial charge >= 0.3 is 6.03 Å². The molecule has 0 unspecified atom stereocenters. The minimum Gasteiger partial charge on any atom is -0.334 e. The van der Waals surface area contributed by atoms with Crippen molar-refractivity contribution in [3.8, 4) is 0 Å². The van der Waals surface area contributed by atoms with Gasteiger partial charge in [0.1, 0.15) is 5.82 Å². The molecule has 0 bridgehead atoms. The lowest BCUT2D eigenvalue weighted by Crippen LogP contribution is -2.28. The second-order valence-electron chi connectivity index (χ2n) is 4.40. The predicted molar refractivity (Wildman–Crippen MR) is 86.2 cm³/mol. The lowest BCUT2D eigenvalue weighted by Gasteiger charge is -2.10. The molecule has 20 heavy (non-hydrogen) atoms. The second kappa shape index (κ2) is 6.69. The van der Waals surface area contributed by atoms with Crippen molar-refractivity contribution in [3.05, 3.63) is 63.0 Å². The van der Waals surface area contributed by atoms with Crippen LogP contribution in [0, 0.1) is 16.3 Å². The van der Waals surface area contributed by atoms with Crippen molar-refractivity contribution in [2.75, 3.05) is 5.32 Å². The lowest BCUT2D eigenvalue weighted by atomic mass is 10.2. The van der Waals surface area contributed by atoms with Crippen LogP contribution in [0.1, 0.15) is 11.1 Å². The van der Waals surface area contributed by atoms with Crippen LogP contribution in [0.4, 0.5) is 14.9 Å². The molecule has 0 fully saturated rings. The maximum Gasteiger partial charge on any atom is 0.319 e. The molecular formula is C15H14FIN2O. The third-order valence-electron chi connectivity index (χ3n) is 2.78. The summed E-state index contributed by atoms with van der Waals surface area (Å²) in [5, 5.41) is 5.47. The van der Waals surface area contributed by atoms with Gasteiger partial charge in [0.2, 0.25) is 0 Å². The van der Waals surface area contributed by atoms with Crippen LogP contribution in [-0.2, 0) is 6.54 Å². The Morgan fingerprint density at radius 2 is 2.05 bits per heavy atom. The quantitative estimate of drug-likeness (QED) is 0.770. The van der Waals surface area contributed by atoms with E-state index in [-0.39, 0.29) is 18.4 Å². The number of aryl methyl sites for hydroxylation is 1. The molecule has 0 heterocycles. The number of carbonyl (C=O) groups excluding carboxylic acids is 1. The van der Waals surface area contributed by atoms with E-state index >= 15 is 0 Å². The zero-order valence-corrected chi connectivity index (χ0v) is 13.1. The molecule has 3 nitrogen and oxygen atoms in total. The highest BCUT2D eigenvalue weighted by Gasteiger charge is 2.05. The highest BCUT2D eigenvalue weighted by molar-refractivity contribution is 14.1. The van der Waals surface area contributed by atoms with E-state index in [0.29, 0.717) is 0 Å². The fraction of sp³-hybridized carbons (Fsp3) is 0.133. The van der Waals surface area contributed by atoms with E-state index < -0.39 is 0 Å². The Morgan fingerprint density at radius 3 is 2.75 bits per heavy atom. The summed E-state index contributed by atoms with van der Waals surface area (Å²) in [6, 6.07) is 11.6. The molecule has 0 aromatic heterocycles. The molecule has 0 atom stereocenters. The molecule has 2 N–H and O–H groups in total. The van der Waals surface area contributed by atoms with Gasteiger partial charge in [0.15, 0.2) is 0 Å². The zero-order chi connectivity index (χ0) is 14.5. The Labute approximate surface area is 130 Å². The van der Waals surface area contributed by atoms with Crippen LogP contribution in [0.25, 0.3) is 0 Å². The number of rotatable bonds is 3. The summed E-state index contributed by atoms with van der Waals surface area (Å²) in [4.78, 5) is 11.8. The smallest absolute Gasteiger partial charge is 0.319 e. The molecule has 2 amide bonds. The summed E-state index contributed by atoms with van der Waals surface area (Å²) < 4.78 is 14.1. The molecule has 104 valence electrons. The molecule has 5 heteroatoms. The molecule has 0 radical (unpaired) electrons. The van der Waals surface area contributed by atoms with Crippen LogP contribution in [0.15, 0.2) is 42.5 Å². The number of carbonyl (C=O) groups is 1. The minimum atomic E-state index is -0.307. The van der Waals surface area contributed by atoms with Gasteiger partial charge in [0, 0.05) is 15.8 Å². The number of urea groups is 1. The average molecular weight is 384 g/mol. The van der Waals surface area contributed by atoms with Crippen LogP contribution < -0.4 is 10.6 Å². The third kappa shape index (κ3) is 4.19. The summed E-state index contributed by atoms with van der Waals surface area (Å²) in [6.45, 7) is 2.22. The number of benzene rings is 2. The molecule has 0 aliphatic carbocycles. The molecular weight excluding hydrogens is 370 g/mol. The Kier molecular flexibility index (Phi) is 4.94. The first-order chi connectivity index (χ1) is 9.54. The summed E-state index contributed by atoms with van der Waals surface area (Å²) in [5.74, 6) is -0.307. The maximum atomic E-state index is 13.0. The fourth-order valence-electron chi connectivity index (χ4n) is 1.76. The van der Waals surface area contributed by atoms with Crippen molar-refractivity contribution in [3.63, 3.8) is 0 Å². The van der Waals surface area contributed by atoms with Crippen LogP contribution in [0.5, 0.6) is 0 Å². The van der Waals surface area contributed by atoms with E-state index in [2.05, 4.69) is 33.2 Å². The SMILES string of the molecule is Cc1cc(I)ccc1NC(=O)NCc1cccc(F)c1. The summed E-state index contributed by atoms with van der Waals surface area (Å²) in [6.07, 6.45) is 0. The number of hydrogen-bond acceptors (Lipinski definition) is 1. The molecule has 2 rings (SSSR count). The minimum absolute atomic E-state index is 0.285. The van der Waals surface area contributed by atoms with Gasteiger partial charge in [-0.05, 0) is 71.0 Å². The van der Waals surface area contributed by atoms with Crippen LogP contribution in [-0.4, -0.2) is 6.03 Å². The first-order valence-corrected chi connectivity index (χ1v) is 7.18. The Morgan fingerprint density at radius 1 is 1.25 bits per heavy atom. The van der Waals surface area contributed by atoms with Gasteiger partial charge in [-0.2, -0.15) is 0 Å². The summed E-state index contributed by atoms with van der Waals surface area (Å²) >= 11 is 2.22. The number of hydrogen-bond donors (Lipinski definition) is 2. The van der Waals surface area contributed by atoms with Crippen molar-refractivity contribution >= 4 is 34.3 Å². The van der Waals surface area contributed by atoms with Crippen molar-refractivity contribution in [1.82, 2.24) is 5.32 Å². The molecule has 0 saturated carbocycles. The van der Waals surface area contributed by atoms with Crippen molar-refractivity contribution in [1.29, 1.82) is 0 Å². The molecule has 2 aromatic rings. The maximum absolute atomic E-state index is 13.0. The Hall–Kier alpha value is -1.63. The summed E-state index contributed by atoms with van der Waals surface area (Å²) in [7, 11) is 0. The van der Waals surface area contributed by atoms with Gasteiger partial charge in [-0.15, -0.1) is 0 Å². The van der Waals surface area contributed by atoms with E-state index in [1.165, 1.54) is 12.1 Å². The number of anilines is 1. The predicted octanol–water partition coefficient (Wildman–Crippen LogP) is 4.06. The normalized spacial score (nSPS) is 10.2. The molecule has 2 aromatic carbocycles. The molecule has 0 spiro atoms. The van der Waals surface area contributed by atoms with Gasteiger partial charge in [-0.25, -0.2) is 9.18 Å². The highest BCUT2D eigenvalue weighted by atomic mass is 127. The molecule has 0 saturated heterocycles. The Bertz CT molecular complexity index is 631. The summed E-state index contributed by atoms with van der Waals surface area (Å²) in [5.41, 5.74) is 2.49. The third-order valence-corrected chi connectivity index (χ3v) is 3.45.